The minimum Gasteiger partial charge on any atom is -0.357 e. The number of nitrogens with zero attached hydrogens (tertiary/aromatic N) is 3. The van der Waals surface area contributed by atoms with Crippen LogP contribution in [0.25, 0.3) is 0 Å². The minimum atomic E-state index is 0.419. The lowest BCUT2D eigenvalue weighted by Gasteiger charge is -2.23. The van der Waals surface area contributed by atoms with Crippen LogP contribution in [0.5, 0.6) is 0 Å². The van der Waals surface area contributed by atoms with E-state index in [9.17, 15) is 0 Å². The molecule has 4 heteroatoms. The first-order valence-corrected chi connectivity index (χ1v) is 9.73. The van der Waals surface area contributed by atoms with E-state index in [0.717, 1.165) is 25.0 Å². The molecule has 0 aliphatic carbocycles. The van der Waals surface area contributed by atoms with Crippen LogP contribution in [-0.2, 0) is 0 Å². The molecular formula is C19H38N4. The molecule has 0 aromatic heterocycles. The molecule has 0 amide bonds. The van der Waals surface area contributed by atoms with Gasteiger partial charge in [-0.1, -0.05) is 20.8 Å². The van der Waals surface area contributed by atoms with Gasteiger partial charge in [-0.3, -0.25) is 4.99 Å². The number of guanidine groups is 1. The van der Waals surface area contributed by atoms with Gasteiger partial charge in [-0.05, 0) is 63.5 Å². The highest BCUT2D eigenvalue weighted by Gasteiger charge is 2.27. The van der Waals surface area contributed by atoms with Gasteiger partial charge in [-0.25, -0.2) is 0 Å². The first-order chi connectivity index (χ1) is 11.0. The van der Waals surface area contributed by atoms with Crippen LogP contribution in [0.3, 0.4) is 0 Å². The van der Waals surface area contributed by atoms with E-state index >= 15 is 0 Å². The SMILES string of the molecule is CCNC(=NCCCC(C)(C)C)N1CCC(CN2CCCC2)C1. The van der Waals surface area contributed by atoms with Crippen LogP contribution in [0.1, 0.15) is 59.8 Å². The Balaban J connectivity index is 1.78. The second-order valence-electron chi connectivity index (χ2n) is 8.51. The highest BCUT2D eigenvalue weighted by Crippen LogP contribution is 2.21. The van der Waals surface area contributed by atoms with Gasteiger partial charge in [0.2, 0.25) is 0 Å². The van der Waals surface area contributed by atoms with Crippen LogP contribution in [0.2, 0.25) is 0 Å². The molecule has 0 spiro atoms. The Kier molecular flexibility index (Phi) is 7.19. The first kappa shape index (κ1) is 18.6. The summed E-state index contributed by atoms with van der Waals surface area (Å²) in [5.74, 6) is 1.97. The first-order valence-electron chi connectivity index (χ1n) is 9.73. The molecule has 1 unspecified atom stereocenters. The van der Waals surface area contributed by atoms with E-state index in [-0.39, 0.29) is 0 Å². The third kappa shape index (κ3) is 6.70. The highest BCUT2D eigenvalue weighted by molar-refractivity contribution is 5.80. The average molecular weight is 323 g/mol. The number of aliphatic imine (C=N–C) groups is 1. The highest BCUT2D eigenvalue weighted by atomic mass is 15.3. The van der Waals surface area contributed by atoms with Gasteiger partial charge in [0.15, 0.2) is 5.96 Å². The molecule has 0 bridgehead atoms. The molecule has 2 saturated heterocycles. The molecule has 2 aliphatic heterocycles. The van der Waals surface area contributed by atoms with E-state index in [4.69, 9.17) is 4.99 Å². The van der Waals surface area contributed by atoms with Crippen molar-refractivity contribution in [2.45, 2.75) is 59.8 Å². The lowest BCUT2D eigenvalue weighted by molar-refractivity contribution is 0.281. The number of hydrogen-bond acceptors (Lipinski definition) is 2. The van der Waals surface area contributed by atoms with Crippen LogP contribution in [0, 0.1) is 11.3 Å². The van der Waals surface area contributed by atoms with Gasteiger partial charge in [0.25, 0.3) is 0 Å². The van der Waals surface area contributed by atoms with Crippen LogP contribution < -0.4 is 5.32 Å². The molecule has 2 aliphatic rings. The van der Waals surface area contributed by atoms with Gasteiger partial charge in [0.1, 0.15) is 0 Å². The van der Waals surface area contributed by atoms with Crippen LogP contribution in [0.15, 0.2) is 4.99 Å². The largest absolute Gasteiger partial charge is 0.357 e. The normalized spacial score (nSPS) is 23.7. The Morgan fingerprint density at radius 3 is 2.57 bits per heavy atom. The third-order valence-corrected chi connectivity index (χ3v) is 4.98. The summed E-state index contributed by atoms with van der Waals surface area (Å²) in [4.78, 5) is 10.0. The van der Waals surface area contributed by atoms with E-state index < -0.39 is 0 Å². The monoisotopic (exact) mass is 322 g/mol. The van der Waals surface area contributed by atoms with Gasteiger partial charge in [0, 0.05) is 32.7 Å². The van der Waals surface area contributed by atoms with Crippen molar-refractivity contribution in [3.63, 3.8) is 0 Å². The Labute approximate surface area is 143 Å². The molecule has 1 N–H and O–H groups in total. The second kappa shape index (κ2) is 8.91. The van der Waals surface area contributed by atoms with Crippen molar-refractivity contribution >= 4 is 5.96 Å². The quantitative estimate of drug-likeness (QED) is 0.463. The van der Waals surface area contributed by atoms with Gasteiger partial charge >= 0.3 is 0 Å². The van der Waals surface area contributed by atoms with Gasteiger partial charge < -0.3 is 15.1 Å². The molecule has 2 rings (SSSR count). The second-order valence-corrected chi connectivity index (χ2v) is 8.51. The van der Waals surface area contributed by atoms with Crippen LogP contribution >= 0.6 is 0 Å². The van der Waals surface area contributed by atoms with Crippen molar-refractivity contribution in [3.8, 4) is 0 Å². The summed E-state index contributed by atoms with van der Waals surface area (Å²) < 4.78 is 0. The van der Waals surface area contributed by atoms with Gasteiger partial charge in [-0.15, -0.1) is 0 Å². The van der Waals surface area contributed by atoms with Crippen molar-refractivity contribution in [2.24, 2.45) is 16.3 Å². The lowest BCUT2D eigenvalue weighted by atomic mass is 9.91. The molecule has 23 heavy (non-hydrogen) atoms. The molecule has 2 heterocycles. The maximum atomic E-state index is 4.88. The average Bonchev–Trinajstić information content (AvgIpc) is 3.13. The number of hydrogen-bond donors (Lipinski definition) is 1. The zero-order valence-corrected chi connectivity index (χ0v) is 15.9. The van der Waals surface area contributed by atoms with Crippen LogP contribution in [-0.4, -0.2) is 61.6 Å². The molecule has 4 nitrogen and oxygen atoms in total. The topological polar surface area (TPSA) is 30.9 Å². The molecule has 0 saturated carbocycles. The standard InChI is InChI=1S/C19H38N4/c1-5-20-18(21-11-8-10-19(2,3)4)23-14-9-17(16-23)15-22-12-6-7-13-22/h17H,5-16H2,1-4H3,(H,20,21). The molecule has 0 radical (unpaired) electrons. The van der Waals surface area contributed by atoms with E-state index in [1.807, 2.05) is 0 Å². The number of rotatable bonds is 6. The summed E-state index contributed by atoms with van der Waals surface area (Å²) in [6, 6.07) is 0. The van der Waals surface area contributed by atoms with Crippen molar-refractivity contribution in [1.29, 1.82) is 0 Å². The summed E-state index contributed by atoms with van der Waals surface area (Å²) in [7, 11) is 0. The summed E-state index contributed by atoms with van der Waals surface area (Å²) >= 11 is 0. The third-order valence-electron chi connectivity index (χ3n) is 4.98. The van der Waals surface area contributed by atoms with Crippen LogP contribution in [0.4, 0.5) is 0 Å². The summed E-state index contributed by atoms with van der Waals surface area (Å²) in [5, 5.41) is 3.50. The lowest BCUT2D eigenvalue weighted by Crippen LogP contribution is -2.40. The zero-order chi connectivity index (χ0) is 16.7. The Bertz CT molecular complexity index is 366. The fourth-order valence-electron chi connectivity index (χ4n) is 3.72. The predicted molar refractivity (Wildman–Crippen MR) is 100 cm³/mol. The van der Waals surface area contributed by atoms with Gasteiger partial charge in [-0.2, -0.15) is 0 Å². The molecule has 2 fully saturated rings. The Hall–Kier alpha value is -0.770. The fraction of sp³-hybridized carbons (Fsp3) is 0.947. The Morgan fingerprint density at radius 1 is 1.17 bits per heavy atom. The van der Waals surface area contributed by atoms with E-state index in [2.05, 4.69) is 42.8 Å². The summed E-state index contributed by atoms with van der Waals surface area (Å²) in [5.41, 5.74) is 0.419. The van der Waals surface area contributed by atoms with Crippen molar-refractivity contribution in [1.82, 2.24) is 15.1 Å². The maximum Gasteiger partial charge on any atom is 0.193 e. The number of nitrogens with one attached hydrogen (secondary N) is 1. The molecule has 134 valence electrons. The van der Waals surface area contributed by atoms with Crippen molar-refractivity contribution < 1.29 is 0 Å². The predicted octanol–water partition coefficient (Wildman–Crippen LogP) is 3.20. The van der Waals surface area contributed by atoms with E-state index in [1.165, 1.54) is 64.8 Å². The zero-order valence-electron chi connectivity index (χ0n) is 15.9. The summed E-state index contributed by atoms with van der Waals surface area (Å²) in [6.45, 7) is 17.3. The smallest absolute Gasteiger partial charge is 0.193 e. The molecule has 0 aromatic rings. The van der Waals surface area contributed by atoms with Crippen molar-refractivity contribution in [3.05, 3.63) is 0 Å². The molecule has 1 atom stereocenters. The molecular weight excluding hydrogens is 284 g/mol. The number of likely N-dealkylation sites (tertiary alicyclic amines) is 2. The van der Waals surface area contributed by atoms with Gasteiger partial charge in [0.05, 0.1) is 0 Å². The maximum absolute atomic E-state index is 4.88. The fourth-order valence-corrected chi connectivity index (χ4v) is 3.72. The van der Waals surface area contributed by atoms with E-state index in [1.54, 1.807) is 0 Å². The van der Waals surface area contributed by atoms with Crippen molar-refractivity contribution in [2.75, 3.05) is 45.8 Å². The Morgan fingerprint density at radius 2 is 1.91 bits per heavy atom. The minimum absolute atomic E-state index is 0.419. The summed E-state index contributed by atoms with van der Waals surface area (Å²) in [6.07, 6.45) is 6.54. The van der Waals surface area contributed by atoms with E-state index in [0.29, 0.717) is 5.41 Å². The molecule has 0 aromatic carbocycles.